The average molecular weight is 490 g/mol. The third-order valence-corrected chi connectivity index (χ3v) is 7.02. The summed E-state index contributed by atoms with van der Waals surface area (Å²) in [6.07, 6.45) is -6.50. The molecule has 10 heteroatoms. The Hall–Kier alpha value is -3.56. The van der Waals surface area contributed by atoms with Gasteiger partial charge in [-0.15, -0.1) is 0 Å². The summed E-state index contributed by atoms with van der Waals surface area (Å²) in [4.78, 5) is 37.7. The van der Waals surface area contributed by atoms with Crippen molar-refractivity contribution in [3.05, 3.63) is 59.7 Å². The fourth-order valence-corrected chi connectivity index (χ4v) is 4.93. The lowest BCUT2D eigenvalue weighted by molar-refractivity contribution is -0.200. The van der Waals surface area contributed by atoms with E-state index in [0.717, 1.165) is 27.2 Å². The van der Waals surface area contributed by atoms with E-state index in [4.69, 9.17) is 4.74 Å². The Bertz CT molecular complexity index is 1120. The van der Waals surface area contributed by atoms with Crippen molar-refractivity contribution < 1.29 is 37.4 Å². The van der Waals surface area contributed by atoms with E-state index in [1.807, 2.05) is 48.5 Å². The molecule has 2 N–H and O–H groups in total. The minimum Gasteiger partial charge on any atom is -0.481 e. The molecule has 0 aromatic heterocycles. The second kappa shape index (κ2) is 8.90. The molecule has 3 unspecified atom stereocenters. The molecule has 0 bridgehead atoms. The standard InChI is InChI=1S/C25H25F3N2O5/c1-14-15(21(31)32)11-12-30(14)22(33)24(2,25(26,27)28)29-23(34)35-13-20-18-9-5-3-7-16(18)17-8-4-6-10-19(17)20/h3-10,14-15,20H,11-13H2,1-2H3,(H,29,34)(H,31,32). The average Bonchev–Trinajstić information content (AvgIpc) is 3.34. The molecule has 35 heavy (non-hydrogen) atoms. The Morgan fingerprint density at radius 2 is 1.60 bits per heavy atom. The molecule has 1 saturated heterocycles. The van der Waals surface area contributed by atoms with Crippen molar-refractivity contribution in [3.63, 3.8) is 0 Å². The molecule has 2 aliphatic rings. The van der Waals surface area contributed by atoms with Crippen LogP contribution in [0, 0.1) is 5.92 Å². The maximum absolute atomic E-state index is 14.1. The fourth-order valence-electron chi connectivity index (χ4n) is 4.93. The van der Waals surface area contributed by atoms with Gasteiger partial charge in [-0.25, -0.2) is 4.79 Å². The maximum atomic E-state index is 14.1. The number of likely N-dealkylation sites (tertiary alicyclic amines) is 1. The maximum Gasteiger partial charge on any atom is 0.420 e. The quantitative estimate of drug-likeness (QED) is 0.656. The van der Waals surface area contributed by atoms with E-state index >= 15 is 0 Å². The van der Waals surface area contributed by atoms with Crippen molar-refractivity contribution in [3.8, 4) is 11.1 Å². The van der Waals surface area contributed by atoms with Gasteiger partial charge in [0.25, 0.3) is 5.91 Å². The van der Waals surface area contributed by atoms with Crippen LogP contribution in [-0.4, -0.2) is 58.9 Å². The number of fused-ring (bicyclic) bond motifs is 3. The van der Waals surface area contributed by atoms with Crippen LogP contribution in [0.3, 0.4) is 0 Å². The highest BCUT2D eigenvalue weighted by Gasteiger charge is 2.61. The molecule has 1 aliphatic carbocycles. The summed E-state index contributed by atoms with van der Waals surface area (Å²) in [7, 11) is 0. The topological polar surface area (TPSA) is 95.9 Å². The third-order valence-electron chi connectivity index (χ3n) is 7.02. The van der Waals surface area contributed by atoms with Gasteiger partial charge in [0.05, 0.1) is 5.92 Å². The fraction of sp³-hybridized carbons (Fsp3) is 0.400. The van der Waals surface area contributed by atoms with Gasteiger partial charge in [0.15, 0.2) is 0 Å². The number of nitrogens with zero attached hydrogens (tertiary/aromatic N) is 1. The van der Waals surface area contributed by atoms with Crippen LogP contribution >= 0.6 is 0 Å². The van der Waals surface area contributed by atoms with E-state index in [1.165, 1.54) is 6.92 Å². The van der Waals surface area contributed by atoms with Crippen molar-refractivity contribution in [1.82, 2.24) is 10.2 Å². The zero-order chi connectivity index (χ0) is 25.5. The smallest absolute Gasteiger partial charge is 0.420 e. The van der Waals surface area contributed by atoms with Crippen LogP contribution in [-0.2, 0) is 14.3 Å². The number of carboxylic acids is 1. The van der Waals surface area contributed by atoms with Gasteiger partial charge in [-0.05, 0) is 42.5 Å². The minimum atomic E-state index is -5.14. The molecule has 7 nitrogen and oxygen atoms in total. The number of alkyl halides is 3. The molecular formula is C25H25F3N2O5. The number of hydrogen-bond donors (Lipinski definition) is 2. The first-order valence-electron chi connectivity index (χ1n) is 11.2. The van der Waals surface area contributed by atoms with E-state index in [2.05, 4.69) is 0 Å². The summed E-state index contributed by atoms with van der Waals surface area (Å²) < 4.78 is 47.4. The number of alkyl carbamates (subject to hydrolysis) is 1. The number of carboxylic acid groups (broad SMARTS) is 1. The number of hydrogen-bond acceptors (Lipinski definition) is 4. The number of benzene rings is 2. The Kier molecular flexibility index (Phi) is 6.25. The Morgan fingerprint density at radius 3 is 2.09 bits per heavy atom. The summed E-state index contributed by atoms with van der Waals surface area (Å²) >= 11 is 0. The van der Waals surface area contributed by atoms with Gasteiger partial charge in [0.1, 0.15) is 6.61 Å². The molecule has 2 aromatic carbocycles. The molecule has 0 saturated carbocycles. The van der Waals surface area contributed by atoms with Crippen molar-refractivity contribution in [2.24, 2.45) is 5.92 Å². The monoisotopic (exact) mass is 490 g/mol. The Balaban J connectivity index is 1.50. The molecule has 0 spiro atoms. The lowest BCUT2D eigenvalue weighted by atomic mass is 9.97. The summed E-state index contributed by atoms with van der Waals surface area (Å²) in [5, 5.41) is 11.0. The number of carbonyl (C=O) groups excluding carboxylic acids is 2. The highest BCUT2D eigenvalue weighted by molar-refractivity contribution is 5.91. The first-order chi connectivity index (χ1) is 16.5. The van der Waals surface area contributed by atoms with Gasteiger partial charge < -0.3 is 14.7 Å². The molecule has 4 rings (SSSR count). The first-order valence-corrected chi connectivity index (χ1v) is 11.2. The van der Waals surface area contributed by atoms with Crippen LogP contribution in [0.15, 0.2) is 48.5 Å². The molecule has 0 radical (unpaired) electrons. The van der Waals surface area contributed by atoms with Crippen LogP contribution in [0.4, 0.5) is 18.0 Å². The van der Waals surface area contributed by atoms with Gasteiger partial charge >= 0.3 is 18.2 Å². The lowest BCUT2D eigenvalue weighted by Gasteiger charge is -2.36. The molecule has 1 aliphatic heterocycles. The number of ether oxygens (including phenoxy) is 1. The number of halogens is 3. The Labute approximate surface area is 199 Å². The number of aliphatic carboxylic acids is 1. The highest BCUT2D eigenvalue weighted by Crippen LogP contribution is 2.44. The highest BCUT2D eigenvalue weighted by atomic mass is 19.4. The molecule has 2 aromatic rings. The van der Waals surface area contributed by atoms with Gasteiger partial charge in [-0.1, -0.05) is 48.5 Å². The summed E-state index contributed by atoms with van der Waals surface area (Å²) in [5.74, 6) is -3.96. The molecule has 2 amide bonds. The SMILES string of the molecule is CC1C(C(=O)O)CCN1C(=O)C(C)(NC(=O)OCC1c2ccccc2-c2ccccc21)C(F)(F)F. The van der Waals surface area contributed by atoms with E-state index in [1.54, 1.807) is 5.32 Å². The second-order valence-electron chi connectivity index (χ2n) is 9.05. The van der Waals surface area contributed by atoms with Crippen LogP contribution in [0.25, 0.3) is 11.1 Å². The van der Waals surface area contributed by atoms with Gasteiger partial charge in [-0.3, -0.25) is 14.9 Å². The minimum absolute atomic E-state index is 0.0289. The largest absolute Gasteiger partial charge is 0.481 e. The van der Waals surface area contributed by atoms with Gasteiger partial charge in [-0.2, -0.15) is 13.2 Å². The molecule has 1 heterocycles. The molecule has 186 valence electrons. The van der Waals surface area contributed by atoms with Crippen molar-refractivity contribution in [2.75, 3.05) is 13.2 Å². The zero-order valence-corrected chi connectivity index (χ0v) is 19.1. The summed E-state index contributed by atoms with van der Waals surface area (Å²) in [6.45, 7) is 1.57. The predicted octanol–water partition coefficient (Wildman–Crippen LogP) is 4.17. The number of amides is 2. The number of nitrogens with one attached hydrogen (secondary N) is 1. The number of carbonyl (C=O) groups is 3. The van der Waals surface area contributed by atoms with Crippen molar-refractivity contribution >= 4 is 18.0 Å². The van der Waals surface area contributed by atoms with E-state index < -0.39 is 41.6 Å². The van der Waals surface area contributed by atoms with Gasteiger partial charge in [0.2, 0.25) is 5.54 Å². The predicted molar refractivity (Wildman–Crippen MR) is 120 cm³/mol. The zero-order valence-electron chi connectivity index (χ0n) is 19.1. The van der Waals surface area contributed by atoms with Crippen LogP contribution in [0.5, 0.6) is 0 Å². The van der Waals surface area contributed by atoms with Crippen molar-refractivity contribution in [1.29, 1.82) is 0 Å². The van der Waals surface area contributed by atoms with Crippen LogP contribution in [0.2, 0.25) is 0 Å². The lowest BCUT2D eigenvalue weighted by Crippen LogP contribution is -2.66. The van der Waals surface area contributed by atoms with E-state index in [9.17, 15) is 32.7 Å². The third kappa shape index (κ3) is 4.21. The number of rotatable bonds is 5. The van der Waals surface area contributed by atoms with E-state index in [0.29, 0.717) is 6.92 Å². The van der Waals surface area contributed by atoms with Crippen LogP contribution in [0.1, 0.15) is 37.3 Å². The van der Waals surface area contributed by atoms with Gasteiger partial charge in [0, 0.05) is 18.5 Å². The molecule has 3 atom stereocenters. The normalized spacial score (nSPS) is 21.1. The second-order valence-corrected chi connectivity index (χ2v) is 9.05. The molecule has 1 fully saturated rings. The Morgan fingerprint density at radius 1 is 1.06 bits per heavy atom. The van der Waals surface area contributed by atoms with Crippen LogP contribution < -0.4 is 5.32 Å². The van der Waals surface area contributed by atoms with E-state index in [-0.39, 0.29) is 25.5 Å². The summed E-state index contributed by atoms with van der Waals surface area (Å²) in [6, 6.07) is 14.1. The van der Waals surface area contributed by atoms with Crippen molar-refractivity contribution in [2.45, 2.75) is 43.9 Å². The summed E-state index contributed by atoms with van der Waals surface area (Å²) in [5.41, 5.74) is 0.424. The molecular weight excluding hydrogens is 465 g/mol. The first kappa shape index (κ1) is 24.6.